The molecule has 1 aromatic carbocycles. The molecule has 0 radical (unpaired) electrons. The van der Waals surface area contributed by atoms with Gasteiger partial charge in [0.25, 0.3) is 0 Å². The van der Waals surface area contributed by atoms with E-state index < -0.39 is 5.72 Å². The average molecular weight is 305 g/mol. The van der Waals surface area contributed by atoms with Gasteiger partial charge in [0.05, 0.1) is 6.10 Å². The molecule has 10 N–H and O–H groups in total. The van der Waals surface area contributed by atoms with Crippen LogP contribution in [0.15, 0.2) is 23.9 Å². The number of ether oxygens (including phenoxy) is 1. The number of anilines is 2. The summed E-state index contributed by atoms with van der Waals surface area (Å²) in [6.07, 6.45) is 4.12. The predicted octanol–water partition coefficient (Wildman–Crippen LogP) is 0.894. The van der Waals surface area contributed by atoms with E-state index in [4.69, 9.17) is 33.4 Å². The molecule has 2 rings (SSSR count). The minimum atomic E-state index is -1.11. The van der Waals surface area contributed by atoms with Gasteiger partial charge in [0.2, 0.25) is 0 Å². The van der Waals surface area contributed by atoms with Crippen LogP contribution in [0.4, 0.5) is 11.4 Å². The molecule has 1 aromatic rings. The van der Waals surface area contributed by atoms with Crippen molar-refractivity contribution in [1.29, 1.82) is 0 Å². The van der Waals surface area contributed by atoms with E-state index in [0.717, 1.165) is 18.4 Å². The van der Waals surface area contributed by atoms with E-state index in [9.17, 15) is 0 Å². The lowest BCUT2D eigenvalue weighted by Crippen LogP contribution is -2.41. The van der Waals surface area contributed by atoms with Crippen LogP contribution in [-0.4, -0.2) is 12.1 Å². The maximum atomic E-state index is 6.34. The summed E-state index contributed by atoms with van der Waals surface area (Å²) < 4.78 is 5.97. The molecular weight excluding hydrogens is 278 g/mol. The van der Waals surface area contributed by atoms with Gasteiger partial charge < -0.3 is 27.7 Å². The van der Waals surface area contributed by atoms with E-state index in [1.807, 2.05) is 12.1 Å². The van der Waals surface area contributed by atoms with Gasteiger partial charge in [-0.25, -0.2) is 0 Å². The van der Waals surface area contributed by atoms with Gasteiger partial charge in [-0.1, -0.05) is 13.3 Å². The van der Waals surface area contributed by atoms with E-state index in [1.165, 1.54) is 0 Å². The van der Waals surface area contributed by atoms with E-state index in [-0.39, 0.29) is 12.1 Å². The third-order valence-corrected chi connectivity index (χ3v) is 3.98. The standard InChI is InChI=1S/C16H27N5O/c1-3-4-9-5-13(19)15(14(20)6-9)16(2,21)22-10-7-11(17)12(18)8-10/h5-7,10,12H,3-4,8,17-21H2,1-2H3. The third kappa shape index (κ3) is 3.35. The summed E-state index contributed by atoms with van der Waals surface area (Å²) in [6, 6.07) is 3.63. The number of hydrogen-bond acceptors (Lipinski definition) is 6. The highest BCUT2D eigenvalue weighted by molar-refractivity contribution is 5.65. The maximum Gasteiger partial charge on any atom is 0.144 e. The Morgan fingerprint density at radius 1 is 1.23 bits per heavy atom. The lowest BCUT2D eigenvalue weighted by Gasteiger charge is -2.31. The molecule has 0 aliphatic heterocycles. The molecule has 1 aliphatic rings. The lowest BCUT2D eigenvalue weighted by molar-refractivity contribution is -0.0638. The fraction of sp³-hybridized carbons (Fsp3) is 0.500. The topological polar surface area (TPSA) is 139 Å². The highest BCUT2D eigenvalue weighted by Crippen LogP contribution is 2.34. The molecule has 0 saturated heterocycles. The van der Waals surface area contributed by atoms with Crippen LogP contribution in [0.25, 0.3) is 0 Å². The van der Waals surface area contributed by atoms with Gasteiger partial charge in [-0.2, -0.15) is 0 Å². The van der Waals surface area contributed by atoms with Gasteiger partial charge >= 0.3 is 0 Å². The number of aryl methyl sites for hydroxylation is 1. The van der Waals surface area contributed by atoms with Crippen LogP contribution in [0.3, 0.4) is 0 Å². The van der Waals surface area contributed by atoms with Crippen LogP contribution < -0.4 is 28.7 Å². The first kappa shape index (κ1) is 16.6. The molecule has 0 bridgehead atoms. The van der Waals surface area contributed by atoms with Crippen LogP contribution in [0, 0.1) is 0 Å². The zero-order chi connectivity index (χ0) is 16.5. The second kappa shape index (κ2) is 6.16. The number of nitrogen functional groups attached to an aromatic ring is 2. The first-order valence-corrected chi connectivity index (χ1v) is 7.62. The van der Waals surface area contributed by atoms with Crippen LogP contribution in [0.1, 0.15) is 37.8 Å². The van der Waals surface area contributed by atoms with Crippen LogP contribution in [0.5, 0.6) is 0 Å². The molecule has 3 unspecified atom stereocenters. The van der Waals surface area contributed by atoms with Crippen LogP contribution in [0.2, 0.25) is 0 Å². The summed E-state index contributed by atoms with van der Waals surface area (Å²) in [6.45, 7) is 3.86. The van der Waals surface area contributed by atoms with Crippen molar-refractivity contribution in [2.24, 2.45) is 17.2 Å². The van der Waals surface area contributed by atoms with E-state index in [2.05, 4.69) is 6.92 Å². The van der Waals surface area contributed by atoms with E-state index >= 15 is 0 Å². The Labute approximate surface area is 131 Å². The smallest absolute Gasteiger partial charge is 0.144 e. The summed E-state index contributed by atoms with van der Waals surface area (Å²) in [7, 11) is 0. The number of benzene rings is 1. The van der Waals surface area contributed by atoms with Crippen molar-refractivity contribution < 1.29 is 4.74 Å². The predicted molar refractivity (Wildman–Crippen MR) is 90.5 cm³/mol. The summed E-state index contributed by atoms with van der Waals surface area (Å²) in [4.78, 5) is 0. The molecular formula is C16H27N5O. The Bertz CT molecular complexity index is 559. The summed E-state index contributed by atoms with van der Waals surface area (Å²) >= 11 is 0. The minimum absolute atomic E-state index is 0.192. The SMILES string of the molecule is CCCc1cc(N)c(C(C)(N)OC2C=C(N)C(N)C2)c(N)c1. The fourth-order valence-electron chi connectivity index (χ4n) is 3.01. The quantitative estimate of drug-likeness (QED) is 0.404. The first-order chi connectivity index (χ1) is 10.2. The zero-order valence-electron chi connectivity index (χ0n) is 13.3. The third-order valence-electron chi connectivity index (χ3n) is 3.98. The fourth-order valence-corrected chi connectivity index (χ4v) is 3.01. The van der Waals surface area contributed by atoms with E-state index in [1.54, 1.807) is 13.0 Å². The Morgan fingerprint density at radius 3 is 2.27 bits per heavy atom. The number of rotatable bonds is 5. The molecule has 0 fully saturated rings. The van der Waals surface area contributed by atoms with Crippen molar-refractivity contribution in [1.82, 2.24) is 0 Å². The van der Waals surface area contributed by atoms with Gasteiger partial charge in [0.15, 0.2) is 0 Å². The van der Waals surface area contributed by atoms with Crippen molar-refractivity contribution in [3.8, 4) is 0 Å². The highest BCUT2D eigenvalue weighted by Gasteiger charge is 2.33. The van der Waals surface area contributed by atoms with Crippen LogP contribution >= 0.6 is 0 Å². The minimum Gasteiger partial charge on any atom is -0.401 e. The molecule has 22 heavy (non-hydrogen) atoms. The average Bonchev–Trinajstić information content (AvgIpc) is 2.66. The van der Waals surface area contributed by atoms with Crippen LogP contribution in [-0.2, 0) is 16.9 Å². The summed E-state index contributed by atoms with van der Waals surface area (Å²) in [5.41, 5.74) is 32.7. The number of hydrogen-bond donors (Lipinski definition) is 5. The first-order valence-electron chi connectivity index (χ1n) is 7.62. The van der Waals surface area contributed by atoms with Gasteiger partial charge in [0.1, 0.15) is 5.72 Å². The Balaban J connectivity index is 2.26. The Hall–Kier alpha value is -1.76. The largest absolute Gasteiger partial charge is 0.401 e. The van der Waals surface area contributed by atoms with Crippen molar-refractivity contribution in [2.45, 2.75) is 51.0 Å². The molecule has 0 aromatic heterocycles. The van der Waals surface area contributed by atoms with Gasteiger partial charge in [-0.15, -0.1) is 0 Å². The van der Waals surface area contributed by atoms with Gasteiger partial charge in [-0.05, 0) is 43.5 Å². The summed E-state index contributed by atoms with van der Waals surface area (Å²) in [5.74, 6) is 0. The highest BCUT2D eigenvalue weighted by atomic mass is 16.5. The summed E-state index contributed by atoms with van der Waals surface area (Å²) in [5, 5.41) is 0. The molecule has 3 atom stereocenters. The molecule has 0 heterocycles. The molecule has 6 nitrogen and oxygen atoms in total. The van der Waals surface area contributed by atoms with Gasteiger partial charge in [0, 0.05) is 28.7 Å². The molecule has 0 saturated carbocycles. The monoisotopic (exact) mass is 305 g/mol. The molecule has 122 valence electrons. The second-order valence-electron chi connectivity index (χ2n) is 6.17. The van der Waals surface area contributed by atoms with Crippen molar-refractivity contribution in [3.05, 3.63) is 35.0 Å². The van der Waals surface area contributed by atoms with E-state index in [0.29, 0.717) is 29.1 Å². The van der Waals surface area contributed by atoms with Crippen molar-refractivity contribution in [2.75, 3.05) is 11.5 Å². The Kier molecular flexibility index (Phi) is 4.65. The normalized spacial score (nSPS) is 24.1. The second-order valence-corrected chi connectivity index (χ2v) is 6.17. The van der Waals surface area contributed by atoms with Crippen molar-refractivity contribution in [3.63, 3.8) is 0 Å². The zero-order valence-corrected chi connectivity index (χ0v) is 13.3. The molecule has 6 heteroatoms. The molecule has 0 amide bonds. The molecule has 0 spiro atoms. The molecule has 1 aliphatic carbocycles. The van der Waals surface area contributed by atoms with Crippen molar-refractivity contribution >= 4 is 11.4 Å². The lowest BCUT2D eigenvalue weighted by atomic mass is 9.97. The van der Waals surface area contributed by atoms with Gasteiger partial charge in [-0.3, -0.25) is 5.73 Å². The number of nitrogens with two attached hydrogens (primary N) is 5. The Morgan fingerprint density at radius 2 is 1.82 bits per heavy atom. The maximum absolute atomic E-state index is 6.34.